The molecule has 45 heavy (non-hydrogen) atoms. The van der Waals surface area contributed by atoms with Gasteiger partial charge in [0.1, 0.15) is 0 Å². The van der Waals surface area contributed by atoms with Gasteiger partial charge in [0.05, 0.1) is 24.4 Å². The number of hydrogen-bond donors (Lipinski definition) is 4. The number of carbonyl (C=O) groups is 2. The number of hydrogen-bond acceptors (Lipinski definition) is 6. The van der Waals surface area contributed by atoms with E-state index in [1.807, 2.05) is 73.7 Å². The number of carboxylic acid groups (broad SMARTS) is 1. The number of thioether (sulfide) groups is 1. The van der Waals surface area contributed by atoms with Crippen LogP contribution in [0, 0.1) is 5.92 Å². The van der Waals surface area contributed by atoms with Crippen LogP contribution in [-0.4, -0.2) is 40.6 Å². The summed E-state index contributed by atoms with van der Waals surface area (Å²) in [5.41, 5.74) is 6.10. The fourth-order valence-corrected chi connectivity index (χ4v) is 6.35. The van der Waals surface area contributed by atoms with Crippen molar-refractivity contribution < 1.29 is 29.3 Å². The highest BCUT2D eigenvalue weighted by atomic mass is 32.2. The minimum absolute atomic E-state index is 0.0208. The summed E-state index contributed by atoms with van der Waals surface area (Å²) in [4.78, 5) is 24.0. The Morgan fingerprint density at radius 2 is 1.53 bits per heavy atom. The molecular weight excluding hydrogens is 588 g/mol. The average molecular weight is 627 g/mol. The molecule has 234 valence electrons. The van der Waals surface area contributed by atoms with E-state index in [1.165, 1.54) is 0 Å². The lowest BCUT2D eigenvalue weighted by Gasteiger charge is -2.41. The molecule has 1 aliphatic rings. The molecule has 9 heteroatoms. The van der Waals surface area contributed by atoms with E-state index in [4.69, 9.17) is 9.47 Å². The van der Waals surface area contributed by atoms with Crippen molar-refractivity contribution in [1.29, 1.82) is 0 Å². The van der Waals surface area contributed by atoms with Gasteiger partial charge in [-0.25, -0.2) is 9.59 Å². The van der Waals surface area contributed by atoms with Crippen molar-refractivity contribution in [2.75, 3.05) is 12.3 Å². The van der Waals surface area contributed by atoms with Gasteiger partial charge in [-0.05, 0) is 65.1 Å². The number of carboxylic acids is 1. The number of carbonyl (C=O) groups excluding carboxylic acids is 1. The minimum atomic E-state index is -0.946. The van der Waals surface area contributed by atoms with Crippen LogP contribution in [0.5, 0.6) is 0 Å². The molecule has 0 spiro atoms. The third-order valence-electron chi connectivity index (χ3n) is 7.87. The van der Waals surface area contributed by atoms with Crippen molar-refractivity contribution in [3.8, 4) is 11.1 Å². The van der Waals surface area contributed by atoms with E-state index in [0.717, 1.165) is 38.3 Å². The summed E-state index contributed by atoms with van der Waals surface area (Å²) in [6.07, 6.45) is -0.972. The number of rotatable bonds is 11. The first kappa shape index (κ1) is 32.2. The Morgan fingerprint density at radius 1 is 0.822 bits per heavy atom. The molecule has 1 heterocycles. The van der Waals surface area contributed by atoms with Crippen molar-refractivity contribution in [3.05, 3.63) is 125 Å². The summed E-state index contributed by atoms with van der Waals surface area (Å²) in [6, 6.07) is 30.8. The van der Waals surface area contributed by atoms with Gasteiger partial charge < -0.3 is 30.3 Å². The third kappa shape index (κ3) is 8.32. The molecule has 0 bridgehead atoms. The van der Waals surface area contributed by atoms with E-state index < -0.39 is 12.3 Å². The van der Waals surface area contributed by atoms with E-state index >= 15 is 0 Å². The van der Waals surface area contributed by atoms with Gasteiger partial charge >= 0.3 is 12.0 Å². The lowest BCUT2D eigenvalue weighted by Crippen LogP contribution is -2.38. The fourth-order valence-electron chi connectivity index (χ4n) is 5.28. The summed E-state index contributed by atoms with van der Waals surface area (Å²) in [5, 5.41) is 24.4. The monoisotopic (exact) mass is 626 g/mol. The maximum atomic E-state index is 11.8. The first-order valence-electron chi connectivity index (χ1n) is 15.0. The van der Waals surface area contributed by atoms with Crippen LogP contribution in [0.25, 0.3) is 11.1 Å². The van der Waals surface area contributed by atoms with E-state index in [1.54, 1.807) is 23.9 Å². The Morgan fingerprint density at radius 3 is 2.20 bits per heavy atom. The molecule has 0 unspecified atom stereocenters. The Balaban J connectivity index is 1.33. The highest BCUT2D eigenvalue weighted by Crippen LogP contribution is 2.43. The number of urea groups is 1. The molecule has 1 aliphatic heterocycles. The second-order valence-corrected chi connectivity index (χ2v) is 12.1. The predicted octanol–water partition coefficient (Wildman–Crippen LogP) is 6.95. The van der Waals surface area contributed by atoms with Crippen LogP contribution in [0.3, 0.4) is 0 Å². The van der Waals surface area contributed by atoms with Gasteiger partial charge in [-0.2, -0.15) is 0 Å². The second kappa shape index (κ2) is 15.2. The van der Waals surface area contributed by atoms with Crippen LogP contribution < -0.4 is 10.6 Å². The van der Waals surface area contributed by atoms with Gasteiger partial charge in [0.25, 0.3) is 0 Å². The van der Waals surface area contributed by atoms with Crippen LogP contribution in [0.2, 0.25) is 0 Å². The average Bonchev–Trinajstić information content (AvgIpc) is 3.07. The topological polar surface area (TPSA) is 117 Å². The maximum absolute atomic E-state index is 11.8. The predicted molar refractivity (Wildman–Crippen MR) is 175 cm³/mol. The Bertz CT molecular complexity index is 1580. The summed E-state index contributed by atoms with van der Waals surface area (Å²) in [7, 11) is 0. The van der Waals surface area contributed by atoms with Crippen molar-refractivity contribution >= 4 is 23.8 Å². The lowest BCUT2D eigenvalue weighted by molar-refractivity contribution is -0.268. The largest absolute Gasteiger partial charge is 0.478 e. The smallest absolute Gasteiger partial charge is 0.335 e. The second-order valence-electron chi connectivity index (χ2n) is 11.0. The SMILES string of the molecule is CCNC(=O)NCc1cccc(-c2ccc([C@H]3O[C@@H](CSc4ccc(C(=O)O)cc4)[C@@H](C)[C@@H](c4ccc(CO)cc4)O3)cc2)c1. The van der Waals surface area contributed by atoms with E-state index in [-0.39, 0.29) is 36.3 Å². The number of ether oxygens (including phenoxy) is 2. The van der Waals surface area contributed by atoms with Crippen LogP contribution in [-0.2, 0) is 22.6 Å². The zero-order valence-corrected chi connectivity index (χ0v) is 26.1. The number of aliphatic hydroxyl groups is 1. The number of amides is 2. The maximum Gasteiger partial charge on any atom is 0.335 e. The molecule has 4 N–H and O–H groups in total. The third-order valence-corrected chi connectivity index (χ3v) is 8.97. The quantitative estimate of drug-likeness (QED) is 0.133. The van der Waals surface area contributed by atoms with Crippen LogP contribution in [0.15, 0.2) is 102 Å². The molecule has 8 nitrogen and oxygen atoms in total. The molecule has 4 aromatic carbocycles. The molecule has 0 saturated carbocycles. The molecule has 5 rings (SSSR count). The molecule has 4 aromatic rings. The van der Waals surface area contributed by atoms with E-state index in [0.29, 0.717) is 18.8 Å². The molecule has 1 saturated heterocycles. The van der Waals surface area contributed by atoms with E-state index in [9.17, 15) is 19.8 Å². The normalized spacial score (nSPS) is 19.5. The zero-order valence-electron chi connectivity index (χ0n) is 25.3. The lowest BCUT2D eigenvalue weighted by atomic mass is 9.91. The van der Waals surface area contributed by atoms with Gasteiger partial charge in [-0.1, -0.05) is 73.7 Å². The number of benzene rings is 4. The van der Waals surface area contributed by atoms with Crippen LogP contribution in [0.1, 0.15) is 58.9 Å². The van der Waals surface area contributed by atoms with Gasteiger partial charge in [0.2, 0.25) is 0 Å². The summed E-state index contributed by atoms with van der Waals surface area (Å²) < 4.78 is 13.2. The number of nitrogens with one attached hydrogen (secondary N) is 2. The number of aromatic carboxylic acids is 1. The number of aliphatic hydroxyl groups excluding tert-OH is 1. The van der Waals surface area contributed by atoms with Crippen molar-refractivity contribution in [3.63, 3.8) is 0 Å². The highest BCUT2D eigenvalue weighted by molar-refractivity contribution is 7.99. The molecule has 0 radical (unpaired) electrons. The summed E-state index contributed by atoms with van der Waals surface area (Å²) >= 11 is 1.62. The van der Waals surface area contributed by atoms with Crippen LogP contribution >= 0.6 is 11.8 Å². The van der Waals surface area contributed by atoms with Gasteiger partial charge in [-0.15, -0.1) is 11.8 Å². The molecule has 0 aliphatic carbocycles. The molecular formula is C36H38N2O6S. The van der Waals surface area contributed by atoms with Gasteiger partial charge in [-0.3, -0.25) is 0 Å². The van der Waals surface area contributed by atoms with Crippen LogP contribution in [0.4, 0.5) is 4.79 Å². The first-order valence-corrected chi connectivity index (χ1v) is 16.0. The summed E-state index contributed by atoms with van der Waals surface area (Å²) in [5.74, 6) is -0.256. The zero-order chi connectivity index (χ0) is 31.8. The fraction of sp³-hybridized carbons (Fsp3) is 0.278. The van der Waals surface area contributed by atoms with Gasteiger partial charge in [0, 0.05) is 35.2 Å². The van der Waals surface area contributed by atoms with E-state index in [2.05, 4.69) is 35.8 Å². The molecule has 2 amide bonds. The highest BCUT2D eigenvalue weighted by Gasteiger charge is 2.38. The Kier molecular flexibility index (Phi) is 10.9. The van der Waals surface area contributed by atoms with Crippen molar-refractivity contribution in [1.82, 2.24) is 10.6 Å². The first-order chi connectivity index (χ1) is 21.8. The minimum Gasteiger partial charge on any atom is -0.478 e. The van der Waals surface area contributed by atoms with Crippen molar-refractivity contribution in [2.45, 2.75) is 50.4 Å². The summed E-state index contributed by atoms with van der Waals surface area (Å²) in [6.45, 7) is 4.99. The standard InChI is InChI=1S/C36H38N2O6S/c1-3-37-36(42)38-20-25-5-4-6-30(19-25)26-11-13-29(14-12-26)35-43-32(22-45-31-17-15-28(16-18-31)34(40)41)23(2)33(44-35)27-9-7-24(21-39)8-10-27/h4-19,23,32-33,35,39H,3,20-22H2,1-2H3,(H,40,41)(H2,37,38,42)/t23-,32+,33+,35+/m1/s1. The Hall–Kier alpha value is -4.15. The molecule has 0 aromatic heterocycles. The molecule has 1 fully saturated rings. The van der Waals surface area contributed by atoms with Gasteiger partial charge in [0.15, 0.2) is 6.29 Å². The Labute approximate surface area is 267 Å². The van der Waals surface area contributed by atoms with Crippen molar-refractivity contribution in [2.24, 2.45) is 5.92 Å². The molecule has 4 atom stereocenters.